The molecular formula is C14H14N3O3PS. The lowest BCUT2D eigenvalue weighted by molar-refractivity contribution is 0.177. The zero-order chi connectivity index (χ0) is 15.6. The van der Waals surface area contributed by atoms with Gasteiger partial charge >= 0.3 is 13.7 Å². The Morgan fingerprint density at radius 1 is 1.09 bits per heavy atom. The van der Waals surface area contributed by atoms with Crippen LogP contribution >= 0.6 is 19.4 Å². The van der Waals surface area contributed by atoms with Crippen LogP contribution in [0.3, 0.4) is 0 Å². The minimum atomic E-state index is -3.26. The lowest BCUT2D eigenvalue weighted by Crippen LogP contribution is -2.24. The molecule has 1 amide bonds. The minimum Gasteiger partial charge on any atom is -0.453 e. The van der Waals surface area contributed by atoms with Crippen molar-refractivity contribution in [1.29, 1.82) is 0 Å². The zero-order valence-electron chi connectivity index (χ0n) is 11.7. The van der Waals surface area contributed by atoms with Crippen LogP contribution in [0.5, 0.6) is 0 Å². The van der Waals surface area contributed by atoms with Gasteiger partial charge in [0, 0.05) is 9.79 Å². The summed E-state index contributed by atoms with van der Waals surface area (Å²) in [7, 11) is -2.04. The van der Waals surface area contributed by atoms with E-state index in [4.69, 9.17) is 0 Å². The van der Waals surface area contributed by atoms with Gasteiger partial charge in [0.05, 0.1) is 18.5 Å². The van der Waals surface area contributed by atoms with E-state index in [9.17, 15) is 9.36 Å². The highest BCUT2D eigenvalue weighted by Crippen LogP contribution is 2.52. The molecule has 1 heterocycles. The average molecular weight is 335 g/mol. The number of fused-ring (bicyclic) bond motifs is 1. The van der Waals surface area contributed by atoms with Gasteiger partial charge in [0.25, 0.3) is 0 Å². The topological polar surface area (TPSA) is 79.5 Å². The summed E-state index contributed by atoms with van der Waals surface area (Å²) < 4.78 is 16.9. The Morgan fingerprint density at radius 2 is 1.82 bits per heavy atom. The van der Waals surface area contributed by atoms with Gasteiger partial charge in [-0.1, -0.05) is 30.0 Å². The quantitative estimate of drug-likeness (QED) is 0.732. The first-order valence-electron chi connectivity index (χ1n) is 6.48. The fraction of sp³-hybridized carbons (Fsp3) is 0.0714. The first-order valence-corrected chi connectivity index (χ1v) is 9.00. The Labute approximate surface area is 132 Å². The van der Waals surface area contributed by atoms with Crippen LogP contribution in [0.1, 0.15) is 0 Å². The molecule has 0 bridgehead atoms. The fourth-order valence-corrected chi connectivity index (χ4v) is 4.45. The minimum absolute atomic E-state index is 0.678. The van der Waals surface area contributed by atoms with Gasteiger partial charge in [0.2, 0.25) is 0 Å². The second-order valence-corrected chi connectivity index (χ2v) is 7.60. The SMILES string of the molecule is COC(=O)NP1(=O)Nc2ccc(Sc3ccccc3)cc2N1. The maximum Gasteiger partial charge on any atom is 0.415 e. The molecule has 1 unspecified atom stereocenters. The van der Waals surface area contributed by atoms with Crippen LogP contribution in [0.15, 0.2) is 58.3 Å². The third kappa shape index (κ3) is 3.21. The largest absolute Gasteiger partial charge is 0.453 e. The van der Waals surface area contributed by atoms with Crippen molar-refractivity contribution in [3.05, 3.63) is 48.5 Å². The summed E-state index contributed by atoms with van der Waals surface area (Å²) in [4.78, 5) is 13.4. The van der Waals surface area contributed by atoms with Crippen LogP contribution in [-0.4, -0.2) is 13.2 Å². The molecule has 1 aliphatic heterocycles. The number of hydrogen-bond acceptors (Lipinski definition) is 4. The first-order chi connectivity index (χ1) is 10.6. The van der Waals surface area contributed by atoms with Crippen molar-refractivity contribution in [2.45, 2.75) is 9.79 Å². The van der Waals surface area contributed by atoms with Crippen molar-refractivity contribution >= 4 is 36.8 Å². The maximum atomic E-state index is 12.5. The van der Waals surface area contributed by atoms with Crippen LogP contribution in [0.25, 0.3) is 0 Å². The molecule has 0 fully saturated rings. The Kier molecular flexibility index (Phi) is 4.00. The van der Waals surface area contributed by atoms with Crippen molar-refractivity contribution in [2.75, 3.05) is 17.3 Å². The van der Waals surface area contributed by atoms with E-state index < -0.39 is 13.7 Å². The molecule has 0 radical (unpaired) electrons. The standard InChI is InChI=1S/C14H14N3O3PS/c1-20-14(18)17-21(19)15-12-8-7-11(9-13(12)16-21)22-10-5-3-2-4-6-10/h2-9H,1H3,(H3,15,16,17,18,19). The Balaban J connectivity index is 1.77. The lowest BCUT2D eigenvalue weighted by Gasteiger charge is -2.12. The van der Waals surface area contributed by atoms with Crippen molar-refractivity contribution in [3.8, 4) is 0 Å². The Hall–Kier alpha value is -2.11. The summed E-state index contributed by atoms with van der Waals surface area (Å²) in [5, 5.41) is 7.90. The predicted molar refractivity (Wildman–Crippen MR) is 87.4 cm³/mol. The number of anilines is 2. The van der Waals surface area contributed by atoms with Gasteiger partial charge in [-0.25, -0.2) is 9.88 Å². The fourth-order valence-electron chi connectivity index (χ4n) is 2.00. The van der Waals surface area contributed by atoms with Gasteiger partial charge in [-0.15, -0.1) is 0 Å². The molecule has 2 aromatic carbocycles. The van der Waals surface area contributed by atoms with Crippen LogP contribution in [-0.2, 0) is 9.30 Å². The van der Waals surface area contributed by atoms with E-state index in [1.807, 2.05) is 48.5 Å². The number of hydrogen-bond donors (Lipinski definition) is 3. The number of carbonyl (C=O) groups is 1. The van der Waals surface area contributed by atoms with Gasteiger partial charge in [-0.2, -0.15) is 0 Å². The van der Waals surface area contributed by atoms with Crippen molar-refractivity contribution in [1.82, 2.24) is 5.09 Å². The van der Waals surface area contributed by atoms with Crippen LogP contribution in [0.2, 0.25) is 0 Å². The third-order valence-corrected chi connectivity index (χ3v) is 5.57. The molecule has 1 aliphatic rings. The molecule has 2 aromatic rings. The number of nitrogens with one attached hydrogen (secondary N) is 3. The summed E-state index contributed by atoms with van der Waals surface area (Å²) in [5.41, 5.74) is 1.36. The molecule has 3 rings (SSSR count). The number of benzene rings is 2. The third-order valence-electron chi connectivity index (χ3n) is 2.96. The number of rotatable bonds is 3. The first kappa shape index (κ1) is 14.8. The van der Waals surface area contributed by atoms with E-state index in [2.05, 4.69) is 20.0 Å². The molecule has 0 saturated carbocycles. The maximum absolute atomic E-state index is 12.5. The summed E-state index contributed by atoms with van der Waals surface area (Å²) in [5.74, 6) is 0. The average Bonchev–Trinajstić information content (AvgIpc) is 2.83. The summed E-state index contributed by atoms with van der Waals surface area (Å²) >= 11 is 1.60. The number of amides is 1. The zero-order valence-corrected chi connectivity index (χ0v) is 13.4. The lowest BCUT2D eigenvalue weighted by atomic mass is 10.3. The molecule has 114 valence electrons. The molecular weight excluding hydrogens is 321 g/mol. The van der Waals surface area contributed by atoms with Crippen molar-refractivity contribution in [2.24, 2.45) is 0 Å². The van der Waals surface area contributed by atoms with E-state index in [1.165, 1.54) is 7.11 Å². The molecule has 6 nitrogen and oxygen atoms in total. The summed E-state index contributed by atoms with van der Waals surface area (Å²) in [6.45, 7) is 0. The molecule has 1 atom stereocenters. The van der Waals surface area contributed by atoms with Crippen molar-refractivity contribution < 1.29 is 14.1 Å². The Morgan fingerprint density at radius 3 is 2.55 bits per heavy atom. The molecule has 3 N–H and O–H groups in total. The molecule has 0 aromatic heterocycles. The van der Waals surface area contributed by atoms with Crippen LogP contribution in [0.4, 0.5) is 16.2 Å². The van der Waals surface area contributed by atoms with Gasteiger partial charge < -0.3 is 14.9 Å². The highest BCUT2D eigenvalue weighted by atomic mass is 32.2. The number of ether oxygens (including phenoxy) is 1. The second kappa shape index (κ2) is 5.94. The van der Waals surface area contributed by atoms with Gasteiger partial charge in [-0.05, 0) is 30.3 Å². The van der Waals surface area contributed by atoms with Gasteiger partial charge in [-0.3, -0.25) is 4.57 Å². The molecule has 8 heteroatoms. The number of methoxy groups -OCH3 is 1. The normalized spacial score (nSPS) is 18.8. The van der Waals surface area contributed by atoms with Gasteiger partial charge in [0.15, 0.2) is 0 Å². The van der Waals surface area contributed by atoms with Gasteiger partial charge in [0.1, 0.15) is 0 Å². The van der Waals surface area contributed by atoms with E-state index in [0.717, 1.165) is 9.79 Å². The molecule has 0 spiro atoms. The summed E-state index contributed by atoms with van der Waals surface area (Å²) in [6, 6.07) is 15.6. The second-order valence-electron chi connectivity index (χ2n) is 4.56. The Bertz CT molecular complexity index is 754. The van der Waals surface area contributed by atoms with E-state index in [0.29, 0.717) is 11.4 Å². The van der Waals surface area contributed by atoms with Crippen molar-refractivity contribution in [3.63, 3.8) is 0 Å². The van der Waals surface area contributed by atoms with E-state index >= 15 is 0 Å². The van der Waals surface area contributed by atoms with E-state index in [1.54, 1.807) is 11.8 Å². The molecule has 0 aliphatic carbocycles. The molecule has 22 heavy (non-hydrogen) atoms. The van der Waals surface area contributed by atoms with Crippen LogP contribution in [0, 0.1) is 0 Å². The molecule has 0 saturated heterocycles. The summed E-state index contributed by atoms with van der Waals surface area (Å²) in [6.07, 6.45) is -0.755. The highest BCUT2D eigenvalue weighted by molar-refractivity contribution is 7.99. The monoisotopic (exact) mass is 335 g/mol. The van der Waals surface area contributed by atoms with E-state index in [-0.39, 0.29) is 0 Å². The predicted octanol–water partition coefficient (Wildman–Crippen LogP) is 4.14. The number of carbonyl (C=O) groups excluding carboxylic acids is 1. The van der Waals surface area contributed by atoms with Crippen LogP contribution < -0.4 is 15.3 Å². The smallest absolute Gasteiger partial charge is 0.415 e. The highest BCUT2D eigenvalue weighted by Gasteiger charge is 2.32.